The van der Waals surface area contributed by atoms with Gasteiger partial charge in [0.05, 0.1) is 18.0 Å². The summed E-state index contributed by atoms with van der Waals surface area (Å²) in [6.07, 6.45) is 5.97. The first-order chi connectivity index (χ1) is 8.70. The molecule has 0 unspecified atom stereocenters. The smallest absolute Gasteiger partial charge is 0.156 e. The highest BCUT2D eigenvalue weighted by atomic mass is 19.1. The van der Waals surface area contributed by atoms with Gasteiger partial charge in [-0.15, -0.1) is 0 Å². The summed E-state index contributed by atoms with van der Waals surface area (Å²) in [6, 6.07) is 4.62. The van der Waals surface area contributed by atoms with Crippen LogP contribution in [0.1, 0.15) is 43.7 Å². The number of ketones is 1. The highest BCUT2D eigenvalue weighted by Crippen LogP contribution is 2.30. The number of halogens is 1. The minimum absolute atomic E-state index is 0.0940. The van der Waals surface area contributed by atoms with Crippen molar-refractivity contribution in [3.63, 3.8) is 0 Å². The molecule has 1 aliphatic carbocycles. The maximum Gasteiger partial charge on any atom is 0.156 e. The molecule has 1 heterocycles. The van der Waals surface area contributed by atoms with E-state index in [4.69, 9.17) is 5.26 Å². The summed E-state index contributed by atoms with van der Waals surface area (Å²) in [7, 11) is 0. The second kappa shape index (κ2) is 5.72. The monoisotopic (exact) mass is 246 g/mol. The number of pyridine rings is 1. The Hall–Kier alpha value is -1.76. The molecule has 0 radical (unpaired) electrons. The molecular weight excluding hydrogens is 231 g/mol. The van der Waals surface area contributed by atoms with Crippen molar-refractivity contribution in [3.8, 4) is 6.07 Å². The molecule has 0 aliphatic heterocycles. The van der Waals surface area contributed by atoms with Crippen LogP contribution >= 0.6 is 0 Å². The van der Waals surface area contributed by atoms with Gasteiger partial charge in [0.15, 0.2) is 5.78 Å². The van der Waals surface area contributed by atoms with E-state index in [1.165, 1.54) is 25.0 Å². The molecule has 0 N–H and O–H groups in total. The molecule has 94 valence electrons. The van der Waals surface area contributed by atoms with E-state index < -0.39 is 11.7 Å². The van der Waals surface area contributed by atoms with E-state index in [1.807, 2.05) is 6.07 Å². The van der Waals surface area contributed by atoms with Crippen LogP contribution in [0.15, 0.2) is 18.3 Å². The third kappa shape index (κ3) is 2.92. The van der Waals surface area contributed by atoms with E-state index in [9.17, 15) is 9.18 Å². The zero-order valence-electron chi connectivity index (χ0n) is 10.1. The molecule has 0 aromatic carbocycles. The zero-order chi connectivity index (χ0) is 13.0. The summed E-state index contributed by atoms with van der Waals surface area (Å²) >= 11 is 0. The molecule has 1 saturated carbocycles. The molecule has 2 rings (SSSR count). The number of hydrogen-bond donors (Lipinski definition) is 0. The van der Waals surface area contributed by atoms with Crippen molar-refractivity contribution in [2.24, 2.45) is 5.92 Å². The van der Waals surface area contributed by atoms with Crippen LogP contribution in [0.3, 0.4) is 0 Å². The predicted molar refractivity (Wildman–Crippen MR) is 64.1 cm³/mol. The third-order valence-corrected chi connectivity index (χ3v) is 3.46. The van der Waals surface area contributed by atoms with E-state index in [2.05, 4.69) is 4.98 Å². The fraction of sp³-hybridized carbons (Fsp3) is 0.500. The van der Waals surface area contributed by atoms with Crippen molar-refractivity contribution in [1.82, 2.24) is 4.98 Å². The molecule has 1 aliphatic rings. The van der Waals surface area contributed by atoms with Gasteiger partial charge in [-0.25, -0.2) is 4.39 Å². The second-order valence-electron chi connectivity index (χ2n) is 4.78. The first-order valence-electron chi connectivity index (χ1n) is 6.24. The van der Waals surface area contributed by atoms with Crippen molar-refractivity contribution >= 4 is 5.78 Å². The van der Waals surface area contributed by atoms with E-state index in [0.717, 1.165) is 19.0 Å². The number of carbonyl (C=O) groups is 1. The number of nitrogens with zero attached hydrogens (tertiary/aromatic N) is 2. The van der Waals surface area contributed by atoms with Gasteiger partial charge in [0.25, 0.3) is 0 Å². The Balaban J connectivity index is 2.06. The Morgan fingerprint density at radius 2 is 2.22 bits per heavy atom. The normalized spacial score (nSPS) is 17.3. The van der Waals surface area contributed by atoms with Gasteiger partial charge in [0.2, 0.25) is 0 Å². The van der Waals surface area contributed by atoms with Gasteiger partial charge in [-0.1, -0.05) is 25.7 Å². The average Bonchev–Trinajstić information content (AvgIpc) is 2.85. The summed E-state index contributed by atoms with van der Waals surface area (Å²) in [5, 5.41) is 9.09. The van der Waals surface area contributed by atoms with Gasteiger partial charge in [0.1, 0.15) is 11.7 Å². The molecule has 4 heteroatoms. The van der Waals surface area contributed by atoms with E-state index in [0.29, 0.717) is 18.0 Å². The van der Waals surface area contributed by atoms with Gasteiger partial charge in [-0.2, -0.15) is 5.26 Å². The summed E-state index contributed by atoms with van der Waals surface area (Å²) in [6.45, 7) is 0. The minimum Gasteiger partial charge on any atom is -0.298 e. The van der Waals surface area contributed by atoms with Crippen LogP contribution in [0.5, 0.6) is 0 Å². The minimum atomic E-state index is -0.855. The Morgan fingerprint density at radius 1 is 1.50 bits per heavy atom. The third-order valence-electron chi connectivity index (χ3n) is 3.46. The number of carbonyl (C=O) groups excluding carboxylic acids is 1. The molecule has 0 bridgehead atoms. The average molecular weight is 246 g/mol. The Bertz CT molecular complexity index is 458. The van der Waals surface area contributed by atoms with Crippen molar-refractivity contribution in [3.05, 3.63) is 29.8 Å². The predicted octanol–water partition coefficient (Wildman–Crippen LogP) is 2.98. The lowest BCUT2D eigenvalue weighted by atomic mass is 9.92. The molecule has 1 atom stereocenters. The number of aromatic nitrogens is 1. The first kappa shape index (κ1) is 12.7. The van der Waals surface area contributed by atoms with E-state index in [-0.39, 0.29) is 5.78 Å². The van der Waals surface area contributed by atoms with Crippen molar-refractivity contribution in [2.45, 2.75) is 38.0 Å². The lowest BCUT2D eigenvalue weighted by Gasteiger charge is -2.11. The molecule has 3 nitrogen and oxygen atoms in total. The second-order valence-corrected chi connectivity index (χ2v) is 4.78. The van der Waals surface area contributed by atoms with Crippen molar-refractivity contribution in [2.75, 3.05) is 0 Å². The SMILES string of the molecule is N#C[C@@H](C(=O)CC1CCCC1)c1ccc(F)cn1. The van der Waals surface area contributed by atoms with Gasteiger partial charge in [-0.3, -0.25) is 9.78 Å². The molecule has 0 amide bonds. The molecule has 0 spiro atoms. The van der Waals surface area contributed by atoms with Crippen LogP contribution in [0.25, 0.3) is 0 Å². The standard InChI is InChI=1S/C14H15FN2O/c15-11-5-6-13(17-9-11)12(8-16)14(18)7-10-3-1-2-4-10/h5-6,9-10,12H,1-4,7H2/t12-/m1/s1. The van der Waals surface area contributed by atoms with Crippen LogP contribution in [0.2, 0.25) is 0 Å². The fourth-order valence-corrected chi connectivity index (χ4v) is 2.48. The lowest BCUT2D eigenvalue weighted by Crippen LogP contribution is -2.15. The number of Topliss-reactive ketones (excluding diaryl/α,β-unsaturated/α-hetero) is 1. The van der Waals surface area contributed by atoms with E-state index >= 15 is 0 Å². The van der Waals surface area contributed by atoms with Crippen LogP contribution in [0.4, 0.5) is 4.39 Å². The van der Waals surface area contributed by atoms with Gasteiger partial charge < -0.3 is 0 Å². The maximum atomic E-state index is 12.8. The molecule has 1 aromatic heterocycles. The van der Waals surface area contributed by atoms with Crippen LogP contribution in [-0.2, 0) is 4.79 Å². The number of rotatable bonds is 4. The summed E-state index contributed by atoms with van der Waals surface area (Å²) in [4.78, 5) is 15.9. The summed E-state index contributed by atoms with van der Waals surface area (Å²) in [5.41, 5.74) is 0.349. The molecule has 1 aromatic rings. The van der Waals surface area contributed by atoms with Gasteiger partial charge in [-0.05, 0) is 18.1 Å². The lowest BCUT2D eigenvalue weighted by molar-refractivity contribution is -0.120. The molecule has 18 heavy (non-hydrogen) atoms. The van der Waals surface area contributed by atoms with Gasteiger partial charge in [0, 0.05) is 6.42 Å². The topological polar surface area (TPSA) is 53.8 Å². The number of nitriles is 1. The largest absolute Gasteiger partial charge is 0.298 e. The van der Waals surface area contributed by atoms with Crippen LogP contribution in [-0.4, -0.2) is 10.8 Å². The highest BCUT2D eigenvalue weighted by molar-refractivity contribution is 5.88. The molecule has 0 saturated heterocycles. The van der Waals surface area contributed by atoms with Crippen LogP contribution in [0, 0.1) is 23.1 Å². The fourth-order valence-electron chi connectivity index (χ4n) is 2.48. The molecule has 1 fully saturated rings. The molecular formula is C14H15FN2O. The summed E-state index contributed by atoms with van der Waals surface area (Å²) < 4.78 is 12.8. The maximum absolute atomic E-state index is 12.8. The highest BCUT2D eigenvalue weighted by Gasteiger charge is 2.26. The van der Waals surface area contributed by atoms with Crippen molar-refractivity contribution in [1.29, 1.82) is 5.26 Å². The Morgan fingerprint density at radius 3 is 2.78 bits per heavy atom. The van der Waals surface area contributed by atoms with Gasteiger partial charge >= 0.3 is 0 Å². The van der Waals surface area contributed by atoms with Crippen LogP contribution < -0.4 is 0 Å². The number of hydrogen-bond acceptors (Lipinski definition) is 3. The zero-order valence-corrected chi connectivity index (χ0v) is 10.1. The Labute approximate surface area is 106 Å². The summed E-state index contributed by atoms with van der Waals surface area (Å²) in [5.74, 6) is -0.998. The Kier molecular flexibility index (Phi) is 4.03. The van der Waals surface area contributed by atoms with E-state index in [1.54, 1.807) is 0 Å². The quantitative estimate of drug-likeness (QED) is 0.820. The van der Waals surface area contributed by atoms with Crippen molar-refractivity contribution < 1.29 is 9.18 Å². The first-order valence-corrected chi connectivity index (χ1v) is 6.24.